The Morgan fingerprint density at radius 2 is 0.571 bits per heavy atom. The smallest absolute Gasteiger partial charge is 0.0782 e. The molecule has 3 aliphatic carbocycles. The summed E-state index contributed by atoms with van der Waals surface area (Å²) >= 11 is 0. The topological polar surface area (TPSA) is 57.4 Å². The number of nitrogens with one attached hydrogen (secondary N) is 2. The van der Waals surface area contributed by atoms with Gasteiger partial charge in [-0.3, -0.25) is 0 Å². The van der Waals surface area contributed by atoms with E-state index in [0.29, 0.717) is 0 Å². The van der Waals surface area contributed by atoms with Crippen LogP contribution in [0, 0.1) is 0 Å². The predicted octanol–water partition coefficient (Wildman–Crippen LogP) is 16.7. The zero-order valence-corrected chi connectivity index (χ0v) is 38.0. The second kappa shape index (κ2) is 15.2. The molecule has 0 saturated heterocycles. The van der Waals surface area contributed by atoms with Gasteiger partial charge >= 0.3 is 0 Å². The number of nitrogens with zero attached hydrogens (tertiary/aromatic N) is 2. The molecule has 3 aromatic heterocycles. The van der Waals surface area contributed by atoms with Crippen LogP contribution in [0.4, 0.5) is 0 Å². The Hall–Kier alpha value is -9.12. The molecule has 0 fully saturated rings. The summed E-state index contributed by atoms with van der Waals surface area (Å²) in [6, 6.07) is 79.7. The minimum atomic E-state index is -0.0852. The molecule has 0 spiro atoms. The lowest BCUT2D eigenvalue weighted by molar-refractivity contribution is 0.854. The summed E-state index contributed by atoms with van der Waals surface area (Å²) in [6.07, 6.45) is 4.35. The Morgan fingerprint density at radius 1 is 0.286 bits per heavy atom. The monoisotopic (exact) mass is 890 g/mol. The van der Waals surface area contributed by atoms with E-state index in [2.05, 4.69) is 241 Å². The Bertz CT molecular complexity index is 3860. The van der Waals surface area contributed by atoms with Crippen molar-refractivity contribution in [1.29, 1.82) is 0 Å². The maximum atomic E-state index is 6.18. The van der Waals surface area contributed by atoms with Crippen molar-refractivity contribution in [3.8, 4) is 44.5 Å². The molecule has 4 nitrogen and oxygen atoms in total. The summed E-state index contributed by atoms with van der Waals surface area (Å²) in [6.45, 7) is 0. The molecule has 326 valence electrons. The zero-order valence-electron chi connectivity index (χ0n) is 38.0. The van der Waals surface area contributed by atoms with E-state index in [0.717, 1.165) is 89.4 Å². The number of H-pyrrole nitrogens is 2. The number of benzene rings is 8. The van der Waals surface area contributed by atoms with Gasteiger partial charge in [-0.05, 0) is 138 Å². The van der Waals surface area contributed by atoms with E-state index in [9.17, 15) is 0 Å². The normalized spacial score (nSPS) is 15.3. The summed E-state index contributed by atoms with van der Waals surface area (Å²) in [5, 5.41) is 5.00. The molecule has 8 aromatic carbocycles. The minimum absolute atomic E-state index is 0.0852. The number of rotatable bonds is 4. The molecule has 0 unspecified atom stereocenters. The molecule has 0 atom stereocenters. The maximum Gasteiger partial charge on any atom is 0.0782 e. The van der Waals surface area contributed by atoms with Crippen LogP contribution < -0.4 is 0 Å². The third-order valence-corrected chi connectivity index (χ3v) is 15.1. The van der Waals surface area contributed by atoms with E-state index >= 15 is 0 Å². The third kappa shape index (κ3) is 5.83. The van der Waals surface area contributed by atoms with Crippen LogP contribution >= 0.6 is 0 Å². The van der Waals surface area contributed by atoms with Gasteiger partial charge in [0.2, 0.25) is 0 Å². The standard InChI is InChI=1S/C66H42N4/c1-5-17-39(18-6-1)57-51-29-30-52(67-51)58(40-19-7-2-8-20-40)54-32-34-56(69-54)60(42-23-11-4-12-24-42)66-64-62-49-37-45-27-15-13-25-43(45)35-47(49)61(48-36-44-26-14-16-28-46(44)38-50(48)62)63(64)65(70-66)59(41-21-9-3-10-22-41)55-33-31-53(57)68-55/h1-38,61-62,68-69H. The van der Waals surface area contributed by atoms with Crippen molar-refractivity contribution in [3.63, 3.8) is 0 Å². The number of fused-ring (bicyclic) bond motifs is 10. The molecule has 10 bridgehead atoms. The molecule has 0 radical (unpaired) electrons. The van der Waals surface area contributed by atoms with E-state index in [1.807, 2.05) is 0 Å². The average Bonchev–Trinajstić information content (AvgIpc) is 4.26. The Labute approximate surface area is 404 Å². The summed E-state index contributed by atoms with van der Waals surface area (Å²) in [4.78, 5) is 19.8. The van der Waals surface area contributed by atoms with E-state index in [-0.39, 0.29) is 11.8 Å². The molecule has 2 N–H and O–H groups in total. The first-order valence-electron chi connectivity index (χ1n) is 24.2. The molecule has 11 aromatic rings. The van der Waals surface area contributed by atoms with Crippen molar-refractivity contribution >= 4 is 66.9 Å². The van der Waals surface area contributed by atoms with Gasteiger partial charge < -0.3 is 9.97 Å². The molecule has 5 aliphatic rings. The molecule has 4 heteroatoms. The van der Waals surface area contributed by atoms with E-state index < -0.39 is 0 Å². The summed E-state index contributed by atoms with van der Waals surface area (Å²) in [5.74, 6) is -0.170. The molecule has 0 amide bonds. The molecule has 16 rings (SSSR count). The van der Waals surface area contributed by atoms with Gasteiger partial charge in [0.05, 0.1) is 22.8 Å². The number of hydrogen-bond donors (Lipinski definition) is 2. The number of aromatic nitrogens is 4. The van der Waals surface area contributed by atoms with Crippen LogP contribution in [0.15, 0.2) is 218 Å². The SMILES string of the molecule is C1=Cc2nc1c(-c1ccccc1)c1ccc([nH]1)c(-c1ccccc1)c1nc(c(-c3ccccc3)c3ccc([nH]3)c2-c2ccccc2)C2=C1C1c3cc4ccccc4cc3C2c2cc3ccccc3cc21. The van der Waals surface area contributed by atoms with Crippen LogP contribution in [-0.4, -0.2) is 19.9 Å². The van der Waals surface area contributed by atoms with Gasteiger partial charge in [-0.15, -0.1) is 0 Å². The molecule has 70 heavy (non-hydrogen) atoms. The van der Waals surface area contributed by atoms with Crippen molar-refractivity contribution < 1.29 is 0 Å². The lowest BCUT2D eigenvalue weighted by atomic mass is 9.59. The van der Waals surface area contributed by atoms with Crippen molar-refractivity contribution in [1.82, 2.24) is 19.9 Å². The number of aromatic amines is 2. The van der Waals surface area contributed by atoms with Gasteiger partial charge in [0.25, 0.3) is 0 Å². The highest BCUT2D eigenvalue weighted by atomic mass is 14.8. The fourth-order valence-electron chi connectivity index (χ4n) is 12.1. The van der Waals surface area contributed by atoms with Crippen LogP contribution in [0.25, 0.3) is 111 Å². The predicted molar refractivity (Wildman–Crippen MR) is 290 cm³/mol. The highest BCUT2D eigenvalue weighted by Gasteiger charge is 2.48. The van der Waals surface area contributed by atoms with Gasteiger partial charge in [-0.2, -0.15) is 0 Å². The first-order chi connectivity index (χ1) is 34.7. The van der Waals surface area contributed by atoms with Gasteiger partial charge in [-0.25, -0.2) is 9.97 Å². The fraction of sp³-hybridized carbons (Fsp3) is 0.0303. The molecular weight excluding hydrogens is 849 g/mol. The lowest BCUT2D eigenvalue weighted by Crippen LogP contribution is -2.26. The van der Waals surface area contributed by atoms with Crippen LogP contribution in [0.1, 0.15) is 56.9 Å². The van der Waals surface area contributed by atoms with E-state index in [1.54, 1.807) is 0 Å². The summed E-state index contributed by atoms with van der Waals surface area (Å²) in [7, 11) is 0. The van der Waals surface area contributed by atoms with Gasteiger partial charge in [-0.1, -0.05) is 170 Å². The summed E-state index contributed by atoms with van der Waals surface area (Å²) in [5.41, 5.74) is 24.3. The number of hydrogen-bond acceptors (Lipinski definition) is 2. The van der Waals surface area contributed by atoms with Crippen molar-refractivity contribution in [2.45, 2.75) is 11.8 Å². The first-order valence-corrected chi connectivity index (χ1v) is 24.2. The van der Waals surface area contributed by atoms with Gasteiger partial charge in [0.1, 0.15) is 0 Å². The highest BCUT2D eigenvalue weighted by molar-refractivity contribution is 6.13. The zero-order chi connectivity index (χ0) is 45.9. The van der Waals surface area contributed by atoms with Crippen LogP contribution in [0.3, 0.4) is 0 Å². The Kier molecular flexibility index (Phi) is 8.45. The third-order valence-electron chi connectivity index (χ3n) is 15.1. The highest BCUT2D eigenvalue weighted by Crippen LogP contribution is 2.65. The van der Waals surface area contributed by atoms with Gasteiger partial charge in [0, 0.05) is 56.2 Å². The minimum Gasteiger partial charge on any atom is -0.354 e. The second-order valence-electron chi connectivity index (χ2n) is 18.9. The second-order valence-corrected chi connectivity index (χ2v) is 18.9. The van der Waals surface area contributed by atoms with E-state index in [4.69, 9.17) is 9.97 Å². The summed E-state index contributed by atoms with van der Waals surface area (Å²) < 4.78 is 0. The first kappa shape index (κ1) is 38.9. The maximum absolute atomic E-state index is 6.18. The van der Waals surface area contributed by atoms with Crippen molar-refractivity contribution in [2.75, 3.05) is 0 Å². The molecular formula is C66H42N4. The number of allylic oxidation sites excluding steroid dienone is 2. The van der Waals surface area contributed by atoms with Crippen LogP contribution in [0.5, 0.6) is 0 Å². The Morgan fingerprint density at radius 3 is 0.900 bits per heavy atom. The average molecular weight is 891 g/mol. The molecule has 2 aliphatic heterocycles. The molecule has 0 saturated carbocycles. The largest absolute Gasteiger partial charge is 0.354 e. The lowest BCUT2D eigenvalue weighted by Gasteiger charge is -2.42. The van der Waals surface area contributed by atoms with E-state index in [1.165, 1.54) is 54.9 Å². The van der Waals surface area contributed by atoms with Crippen LogP contribution in [-0.2, 0) is 0 Å². The quantitative estimate of drug-likeness (QED) is 0.185. The van der Waals surface area contributed by atoms with Crippen molar-refractivity contribution in [3.05, 3.63) is 263 Å². The van der Waals surface area contributed by atoms with Gasteiger partial charge in [0.15, 0.2) is 0 Å². The Balaban J connectivity index is 1.17. The molecule has 5 heterocycles. The fourth-order valence-corrected chi connectivity index (χ4v) is 12.1. The van der Waals surface area contributed by atoms with Crippen LogP contribution in [0.2, 0.25) is 0 Å². The van der Waals surface area contributed by atoms with Crippen molar-refractivity contribution in [2.24, 2.45) is 0 Å².